The summed E-state index contributed by atoms with van der Waals surface area (Å²) in [5, 5.41) is 15.3. The highest BCUT2D eigenvalue weighted by molar-refractivity contribution is 6.28. The Balaban J connectivity index is 2.96. The number of hydrogen-bond acceptors (Lipinski definition) is 4. The van der Waals surface area contributed by atoms with Gasteiger partial charge in [0.1, 0.15) is 6.33 Å². The molecule has 1 aromatic heterocycles. The second kappa shape index (κ2) is 3.10. The molecule has 12 heavy (non-hydrogen) atoms. The molecule has 0 amide bonds. The van der Waals surface area contributed by atoms with E-state index in [4.69, 9.17) is 16.8 Å². The van der Waals surface area contributed by atoms with E-state index in [0.29, 0.717) is 0 Å². The fraction of sp³-hybridized carbons (Fsp3) is 0.500. The first-order valence-electron chi connectivity index (χ1n) is 3.32. The van der Waals surface area contributed by atoms with Crippen molar-refractivity contribution >= 4 is 17.8 Å². The molecule has 0 aliphatic heterocycles. The third-order valence-corrected chi connectivity index (χ3v) is 1.60. The van der Waals surface area contributed by atoms with Gasteiger partial charge in [0.15, 0.2) is 0 Å². The van der Waals surface area contributed by atoms with Crippen LogP contribution in [0.1, 0.15) is 13.8 Å². The minimum absolute atomic E-state index is 0.175. The Morgan fingerprint density at radius 3 is 2.83 bits per heavy atom. The van der Waals surface area contributed by atoms with Crippen LogP contribution in [0.15, 0.2) is 11.5 Å². The zero-order valence-electron chi connectivity index (χ0n) is 6.77. The van der Waals surface area contributed by atoms with Crippen molar-refractivity contribution in [1.82, 2.24) is 14.8 Å². The first-order valence-corrected chi connectivity index (χ1v) is 3.70. The van der Waals surface area contributed by atoms with Gasteiger partial charge in [0.2, 0.25) is 5.28 Å². The summed E-state index contributed by atoms with van der Waals surface area (Å²) in [6.45, 7) is 3.63. The second-order valence-corrected chi connectivity index (χ2v) is 3.19. The van der Waals surface area contributed by atoms with Crippen LogP contribution in [0.2, 0.25) is 5.28 Å². The molecule has 6 heteroatoms. The van der Waals surface area contributed by atoms with Gasteiger partial charge in [0.05, 0.1) is 11.8 Å². The lowest BCUT2D eigenvalue weighted by Gasteiger charge is -2.17. The van der Waals surface area contributed by atoms with Gasteiger partial charge >= 0.3 is 0 Å². The van der Waals surface area contributed by atoms with Crippen LogP contribution >= 0.6 is 11.6 Å². The smallest absolute Gasteiger partial charge is 0.242 e. The lowest BCUT2D eigenvalue weighted by Crippen LogP contribution is -2.28. The Morgan fingerprint density at radius 1 is 1.75 bits per heavy atom. The minimum atomic E-state index is -0.519. The number of aromatic nitrogens is 3. The van der Waals surface area contributed by atoms with Crippen LogP contribution in [0.4, 0.5) is 0 Å². The SMILES string of the molecule is CC(C)(C=NO)n1cnc(Cl)n1. The molecular weight excluding hydrogens is 180 g/mol. The summed E-state index contributed by atoms with van der Waals surface area (Å²) in [5.74, 6) is 0. The van der Waals surface area contributed by atoms with Crippen molar-refractivity contribution in [3.8, 4) is 0 Å². The van der Waals surface area contributed by atoms with Gasteiger partial charge in [0.25, 0.3) is 0 Å². The molecule has 0 radical (unpaired) electrons. The third-order valence-electron chi connectivity index (χ3n) is 1.43. The van der Waals surface area contributed by atoms with E-state index in [1.54, 1.807) is 0 Å². The van der Waals surface area contributed by atoms with Crippen LogP contribution in [0.25, 0.3) is 0 Å². The van der Waals surface area contributed by atoms with E-state index in [0.717, 1.165) is 0 Å². The van der Waals surface area contributed by atoms with Gasteiger partial charge in [-0.25, -0.2) is 9.67 Å². The van der Waals surface area contributed by atoms with Crippen molar-refractivity contribution < 1.29 is 5.21 Å². The number of rotatable bonds is 2. The summed E-state index contributed by atoms with van der Waals surface area (Å²) in [7, 11) is 0. The molecule has 1 rings (SSSR count). The van der Waals surface area contributed by atoms with Gasteiger partial charge in [0, 0.05) is 0 Å². The maximum atomic E-state index is 8.34. The molecule has 1 aromatic rings. The van der Waals surface area contributed by atoms with E-state index in [2.05, 4.69) is 15.2 Å². The van der Waals surface area contributed by atoms with E-state index in [-0.39, 0.29) is 5.28 Å². The second-order valence-electron chi connectivity index (χ2n) is 2.86. The van der Waals surface area contributed by atoms with Gasteiger partial charge in [-0.05, 0) is 25.4 Å². The maximum absolute atomic E-state index is 8.34. The molecule has 66 valence electrons. The Labute approximate surface area is 74.7 Å². The molecule has 0 saturated heterocycles. The van der Waals surface area contributed by atoms with Crippen LogP contribution in [0, 0.1) is 0 Å². The molecule has 1 heterocycles. The van der Waals surface area contributed by atoms with Crippen molar-refractivity contribution in [3.05, 3.63) is 11.6 Å². The van der Waals surface area contributed by atoms with Crippen molar-refractivity contribution in [2.24, 2.45) is 5.16 Å². The van der Waals surface area contributed by atoms with Crippen LogP contribution in [-0.2, 0) is 5.54 Å². The van der Waals surface area contributed by atoms with E-state index >= 15 is 0 Å². The topological polar surface area (TPSA) is 63.3 Å². The number of oxime groups is 1. The highest BCUT2D eigenvalue weighted by Crippen LogP contribution is 2.11. The summed E-state index contributed by atoms with van der Waals surface area (Å²) < 4.78 is 1.51. The van der Waals surface area contributed by atoms with Gasteiger partial charge in [-0.3, -0.25) is 0 Å². The molecule has 0 aliphatic carbocycles. The van der Waals surface area contributed by atoms with Gasteiger partial charge < -0.3 is 5.21 Å². The van der Waals surface area contributed by atoms with Crippen molar-refractivity contribution in [3.63, 3.8) is 0 Å². The summed E-state index contributed by atoms with van der Waals surface area (Å²) in [6, 6.07) is 0. The van der Waals surface area contributed by atoms with E-state index in [9.17, 15) is 0 Å². The molecular formula is C6H9ClN4O. The maximum Gasteiger partial charge on any atom is 0.242 e. The zero-order chi connectivity index (χ0) is 9.19. The standard InChI is InChI=1S/C6H9ClN4O/c1-6(2,3-9-12)11-4-8-5(7)10-11/h3-4,12H,1-2H3. The molecule has 1 N–H and O–H groups in total. The molecule has 0 spiro atoms. The average Bonchev–Trinajstić information content (AvgIpc) is 2.36. The van der Waals surface area contributed by atoms with Crippen LogP contribution in [0.5, 0.6) is 0 Å². The van der Waals surface area contributed by atoms with E-state index in [1.807, 2.05) is 13.8 Å². The van der Waals surface area contributed by atoms with Crippen LogP contribution in [-0.4, -0.2) is 26.2 Å². The summed E-state index contributed by atoms with van der Waals surface area (Å²) in [5.41, 5.74) is -0.519. The normalized spacial score (nSPS) is 12.6. The van der Waals surface area contributed by atoms with Gasteiger partial charge in [-0.2, -0.15) is 0 Å². The molecule has 0 saturated carbocycles. The predicted octanol–water partition coefficient (Wildman–Crippen LogP) is 1.13. The quantitative estimate of drug-likeness (QED) is 0.430. The monoisotopic (exact) mass is 188 g/mol. The molecule has 0 bridgehead atoms. The van der Waals surface area contributed by atoms with Crippen molar-refractivity contribution in [1.29, 1.82) is 0 Å². The lowest BCUT2D eigenvalue weighted by molar-refractivity contribution is 0.310. The number of nitrogens with zero attached hydrogens (tertiary/aromatic N) is 4. The third kappa shape index (κ3) is 1.73. The highest BCUT2D eigenvalue weighted by atomic mass is 35.5. The fourth-order valence-corrected chi connectivity index (χ4v) is 0.846. The average molecular weight is 189 g/mol. The van der Waals surface area contributed by atoms with Gasteiger partial charge in [-0.1, -0.05) is 5.16 Å². The summed E-state index contributed by atoms with van der Waals surface area (Å²) in [6.07, 6.45) is 2.82. The Kier molecular flexibility index (Phi) is 2.32. The van der Waals surface area contributed by atoms with Crippen molar-refractivity contribution in [2.75, 3.05) is 0 Å². The number of halogens is 1. The minimum Gasteiger partial charge on any atom is -0.411 e. The molecule has 5 nitrogen and oxygen atoms in total. The fourth-order valence-electron chi connectivity index (χ4n) is 0.721. The molecule has 0 atom stereocenters. The first-order chi connectivity index (χ1) is 5.56. The number of hydrogen-bond donors (Lipinski definition) is 1. The predicted molar refractivity (Wildman–Crippen MR) is 44.6 cm³/mol. The van der Waals surface area contributed by atoms with Crippen LogP contribution in [0.3, 0.4) is 0 Å². The molecule has 0 aromatic carbocycles. The first kappa shape index (κ1) is 8.99. The Morgan fingerprint density at radius 2 is 2.42 bits per heavy atom. The van der Waals surface area contributed by atoms with E-state index in [1.165, 1.54) is 17.2 Å². The highest BCUT2D eigenvalue weighted by Gasteiger charge is 2.19. The molecule has 0 unspecified atom stereocenters. The Hall–Kier alpha value is -1.10. The molecule has 0 aliphatic rings. The lowest BCUT2D eigenvalue weighted by atomic mass is 10.1. The largest absolute Gasteiger partial charge is 0.411 e. The zero-order valence-corrected chi connectivity index (χ0v) is 7.52. The van der Waals surface area contributed by atoms with Crippen molar-refractivity contribution in [2.45, 2.75) is 19.4 Å². The summed E-state index contributed by atoms with van der Waals surface area (Å²) in [4.78, 5) is 3.74. The van der Waals surface area contributed by atoms with E-state index < -0.39 is 5.54 Å². The summed E-state index contributed by atoms with van der Waals surface area (Å²) >= 11 is 5.52. The van der Waals surface area contributed by atoms with Gasteiger partial charge in [-0.15, -0.1) is 5.10 Å². The Bertz CT molecular complexity index is 293. The van der Waals surface area contributed by atoms with Crippen LogP contribution < -0.4 is 0 Å². The molecule has 0 fully saturated rings.